The van der Waals surface area contributed by atoms with Gasteiger partial charge in [0.1, 0.15) is 5.75 Å². The van der Waals surface area contributed by atoms with Gasteiger partial charge >= 0.3 is 0 Å². The molecule has 1 aromatic carbocycles. The molecule has 2 rings (SSSR count). The number of rotatable bonds is 10. The zero-order valence-corrected chi connectivity index (χ0v) is 14.1. The molecule has 0 spiro atoms. The number of benzene rings is 1. The number of thiophene rings is 1. The molecular formula is C19H26O2S. The van der Waals surface area contributed by atoms with Gasteiger partial charge in [0.15, 0.2) is 0 Å². The molecule has 1 N–H and O–H groups in total. The summed E-state index contributed by atoms with van der Waals surface area (Å²) in [7, 11) is 0. The zero-order valence-electron chi connectivity index (χ0n) is 13.3. The SMILES string of the molecule is CCCCCCOc1ccc(CCC(O)c2cccs2)cc1. The van der Waals surface area contributed by atoms with Crippen molar-refractivity contribution in [1.29, 1.82) is 0 Å². The molecule has 120 valence electrons. The fourth-order valence-electron chi connectivity index (χ4n) is 2.40. The van der Waals surface area contributed by atoms with E-state index in [9.17, 15) is 5.11 Å². The molecule has 0 saturated heterocycles. The van der Waals surface area contributed by atoms with Crippen LogP contribution >= 0.6 is 11.3 Å². The fourth-order valence-corrected chi connectivity index (χ4v) is 3.14. The van der Waals surface area contributed by atoms with Gasteiger partial charge < -0.3 is 9.84 Å². The van der Waals surface area contributed by atoms with Crippen LogP contribution in [0.4, 0.5) is 0 Å². The first kappa shape index (κ1) is 17.0. The van der Waals surface area contributed by atoms with Crippen LogP contribution < -0.4 is 4.74 Å². The third kappa shape index (κ3) is 5.82. The first-order valence-electron chi connectivity index (χ1n) is 8.23. The van der Waals surface area contributed by atoms with Crippen molar-refractivity contribution in [3.05, 3.63) is 52.2 Å². The zero-order chi connectivity index (χ0) is 15.6. The Morgan fingerprint density at radius 3 is 2.59 bits per heavy atom. The Morgan fingerprint density at radius 2 is 1.91 bits per heavy atom. The second-order valence-electron chi connectivity index (χ2n) is 5.62. The molecular weight excluding hydrogens is 292 g/mol. The van der Waals surface area contributed by atoms with Crippen molar-refractivity contribution in [2.24, 2.45) is 0 Å². The lowest BCUT2D eigenvalue weighted by Crippen LogP contribution is -1.99. The van der Waals surface area contributed by atoms with Crippen LogP contribution in [0.5, 0.6) is 5.75 Å². The lowest BCUT2D eigenvalue weighted by Gasteiger charge is -2.09. The highest BCUT2D eigenvalue weighted by Gasteiger charge is 2.08. The van der Waals surface area contributed by atoms with Gasteiger partial charge in [-0.3, -0.25) is 0 Å². The van der Waals surface area contributed by atoms with Crippen molar-refractivity contribution in [3.63, 3.8) is 0 Å². The molecule has 1 unspecified atom stereocenters. The van der Waals surface area contributed by atoms with Gasteiger partial charge in [-0.05, 0) is 48.4 Å². The lowest BCUT2D eigenvalue weighted by atomic mass is 10.1. The quantitative estimate of drug-likeness (QED) is 0.596. The average molecular weight is 318 g/mol. The minimum absolute atomic E-state index is 0.352. The van der Waals surface area contributed by atoms with Gasteiger partial charge in [-0.2, -0.15) is 0 Å². The second-order valence-corrected chi connectivity index (χ2v) is 6.60. The summed E-state index contributed by atoms with van der Waals surface area (Å²) < 4.78 is 5.74. The van der Waals surface area contributed by atoms with Crippen LogP contribution in [0, 0.1) is 0 Å². The number of hydrogen-bond acceptors (Lipinski definition) is 3. The van der Waals surface area contributed by atoms with E-state index < -0.39 is 0 Å². The van der Waals surface area contributed by atoms with Gasteiger partial charge in [-0.15, -0.1) is 11.3 Å². The third-order valence-electron chi connectivity index (χ3n) is 3.77. The minimum atomic E-state index is -0.352. The highest BCUT2D eigenvalue weighted by atomic mass is 32.1. The Labute approximate surface area is 137 Å². The van der Waals surface area contributed by atoms with E-state index >= 15 is 0 Å². The standard InChI is InChI=1S/C19H26O2S/c1-2-3-4-5-14-21-17-11-8-16(9-12-17)10-13-18(20)19-7-6-15-22-19/h6-9,11-12,15,18,20H,2-5,10,13-14H2,1H3. The topological polar surface area (TPSA) is 29.5 Å². The van der Waals surface area contributed by atoms with Gasteiger partial charge in [0.05, 0.1) is 12.7 Å². The van der Waals surface area contributed by atoms with Crippen molar-refractivity contribution in [1.82, 2.24) is 0 Å². The molecule has 2 nitrogen and oxygen atoms in total. The van der Waals surface area contributed by atoms with Gasteiger partial charge in [-0.25, -0.2) is 0 Å². The molecule has 1 atom stereocenters. The molecule has 1 heterocycles. The molecule has 0 saturated carbocycles. The van der Waals surface area contributed by atoms with Crippen LogP contribution in [-0.2, 0) is 6.42 Å². The van der Waals surface area contributed by atoms with Gasteiger partial charge in [-0.1, -0.05) is 44.4 Å². The Balaban J connectivity index is 1.70. The molecule has 1 aromatic heterocycles. The normalized spacial score (nSPS) is 12.3. The molecule has 0 fully saturated rings. The summed E-state index contributed by atoms with van der Waals surface area (Å²) in [5.41, 5.74) is 1.24. The second kappa shape index (κ2) is 9.65. The van der Waals surface area contributed by atoms with Crippen molar-refractivity contribution in [3.8, 4) is 5.75 Å². The van der Waals surface area contributed by atoms with Crippen molar-refractivity contribution in [2.45, 2.75) is 51.6 Å². The van der Waals surface area contributed by atoms with E-state index in [2.05, 4.69) is 19.1 Å². The molecule has 0 aliphatic rings. The fraction of sp³-hybridized carbons (Fsp3) is 0.474. The minimum Gasteiger partial charge on any atom is -0.494 e. The number of aliphatic hydroxyl groups excluding tert-OH is 1. The van der Waals surface area contributed by atoms with E-state index in [1.165, 1.54) is 24.8 Å². The molecule has 2 aromatic rings. The maximum atomic E-state index is 10.1. The Bertz CT molecular complexity index is 505. The van der Waals surface area contributed by atoms with E-state index in [-0.39, 0.29) is 6.10 Å². The maximum absolute atomic E-state index is 10.1. The van der Waals surface area contributed by atoms with Crippen molar-refractivity contribution >= 4 is 11.3 Å². The Hall–Kier alpha value is -1.32. The van der Waals surface area contributed by atoms with E-state index in [0.29, 0.717) is 0 Å². The summed E-state index contributed by atoms with van der Waals surface area (Å²) in [6.45, 7) is 3.02. The number of hydrogen-bond donors (Lipinski definition) is 1. The van der Waals surface area contributed by atoms with Crippen LogP contribution in [-0.4, -0.2) is 11.7 Å². The van der Waals surface area contributed by atoms with Gasteiger partial charge in [0.25, 0.3) is 0 Å². The molecule has 0 amide bonds. The maximum Gasteiger partial charge on any atom is 0.119 e. The number of aliphatic hydroxyl groups is 1. The summed E-state index contributed by atoms with van der Waals surface area (Å²) in [5.74, 6) is 0.944. The summed E-state index contributed by atoms with van der Waals surface area (Å²) in [6, 6.07) is 12.2. The Kier molecular flexibility index (Phi) is 7.47. The van der Waals surface area contributed by atoms with E-state index in [1.54, 1.807) is 11.3 Å². The first-order valence-corrected chi connectivity index (χ1v) is 9.10. The molecule has 22 heavy (non-hydrogen) atoms. The average Bonchev–Trinajstić information content (AvgIpc) is 3.08. The third-order valence-corrected chi connectivity index (χ3v) is 4.74. The first-order chi connectivity index (χ1) is 10.8. The molecule has 0 bridgehead atoms. The number of aryl methyl sites for hydroxylation is 1. The van der Waals surface area contributed by atoms with Crippen molar-refractivity contribution in [2.75, 3.05) is 6.61 Å². The Morgan fingerprint density at radius 1 is 1.09 bits per heavy atom. The monoisotopic (exact) mass is 318 g/mol. The van der Waals surface area contributed by atoms with Crippen LogP contribution in [0.2, 0.25) is 0 Å². The van der Waals surface area contributed by atoms with Crippen LogP contribution in [0.25, 0.3) is 0 Å². The number of unbranched alkanes of at least 4 members (excludes halogenated alkanes) is 3. The van der Waals surface area contributed by atoms with Crippen molar-refractivity contribution < 1.29 is 9.84 Å². The van der Waals surface area contributed by atoms with Crippen LogP contribution in [0.15, 0.2) is 41.8 Å². The van der Waals surface area contributed by atoms with E-state index in [1.807, 2.05) is 29.6 Å². The number of ether oxygens (including phenoxy) is 1. The van der Waals surface area contributed by atoms with Gasteiger partial charge in [0.2, 0.25) is 0 Å². The lowest BCUT2D eigenvalue weighted by molar-refractivity contribution is 0.171. The summed E-state index contributed by atoms with van der Waals surface area (Å²) in [5, 5.41) is 12.1. The predicted molar refractivity (Wildman–Crippen MR) is 93.7 cm³/mol. The highest BCUT2D eigenvalue weighted by Crippen LogP contribution is 2.23. The van der Waals surface area contributed by atoms with Crippen LogP contribution in [0.3, 0.4) is 0 Å². The molecule has 0 radical (unpaired) electrons. The molecule has 0 aliphatic heterocycles. The summed E-state index contributed by atoms with van der Waals surface area (Å²) >= 11 is 1.61. The predicted octanol–water partition coefficient (Wildman–Crippen LogP) is 5.37. The largest absolute Gasteiger partial charge is 0.494 e. The summed E-state index contributed by atoms with van der Waals surface area (Å²) in [4.78, 5) is 1.05. The van der Waals surface area contributed by atoms with E-state index in [4.69, 9.17) is 4.74 Å². The van der Waals surface area contributed by atoms with E-state index in [0.717, 1.165) is 36.5 Å². The highest BCUT2D eigenvalue weighted by molar-refractivity contribution is 7.10. The van der Waals surface area contributed by atoms with Crippen LogP contribution in [0.1, 0.15) is 55.6 Å². The smallest absolute Gasteiger partial charge is 0.119 e. The summed E-state index contributed by atoms with van der Waals surface area (Å²) in [6.07, 6.45) is 6.21. The van der Waals surface area contributed by atoms with Gasteiger partial charge in [0, 0.05) is 4.88 Å². The molecule has 3 heteroatoms. The molecule has 0 aliphatic carbocycles.